The largest absolute Gasteiger partial charge is 0.467 e. The molecule has 26 heavy (non-hydrogen) atoms. The molecule has 0 aliphatic carbocycles. The standard InChI is InChI=1S/C21H23N3O2/c1-21(2,3)18-8-4-5-9-19(18)24-16-11-15(12-22-13-16)20(25)23-14-17-7-6-10-26-17/h4-13,24H,14H2,1-3H3,(H,23,25). The molecule has 0 fully saturated rings. The molecule has 2 N–H and O–H groups in total. The fraction of sp³-hybridized carbons (Fsp3) is 0.238. The van der Waals surface area contributed by atoms with Gasteiger partial charge in [0, 0.05) is 11.9 Å². The molecule has 3 aromatic rings. The van der Waals surface area contributed by atoms with Gasteiger partial charge in [0.15, 0.2) is 0 Å². The Morgan fingerprint density at radius 1 is 1.12 bits per heavy atom. The van der Waals surface area contributed by atoms with Gasteiger partial charge >= 0.3 is 0 Å². The van der Waals surface area contributed by atoms with E-state index < -0.39 is 0 Å². The van der Waals surface area contributed by atoms with E-state index in [9.17, 15) is 4.79 Å². The Morgan fingerprint density at radius 2 is 1.92 bits per heavy atom. The van der Waals surface area contributed by atoms with Crippen molar-refractivity contribution in [3.8, 4) is 0 Å². The SMILES string of the molecule is CC(C)(C)c1ccccc1Nc1cncc(C(=O)NCc2ccco2)c1. The zero-order valence-electron chi connectivity index (χ0n) is 15.2. The van der Waals surface area contributed by atoms with Crippen LogP contribution in [0.4, 0.5) is 11.4 Å². The number of pyridine rings is 1. The highest BCUT2D eigenvalue weighted by atomic mass is 16.3. The number of hydrogen-bond donors (Lipinski definition) is 2. The van der Waals surface area contributed by atoms with E-state index in [-0.39, 0.29) is 11.3 Å². The lowest BCUT2D eigenvalue weighted by Crippen LogP contribution is -2.22. The van der Waals surface area contributed by atoms with Crippen LogP contribution >= 0.6 is 0 Å². The quantitative estimate of drug-likeness (QED) is 0.704. The Morgan fingerprint density at radius 3 is 2.65 bits per heavy atom. The lowest BCUT2D eigenvalue weighted by Gasteiger charge is -2.23. The summed E-state index contributed by atoms with van der Waals surface area (Å²) in [6, 6.07) is 13.6. The van der Waals surface area contributed by atoms with Crippen molar-refractivity contribution < 1.29 is 9.21 Å². The summed E-state index contributed by atoms with van der Waals surface area (Å²) in [6.07, 6.45) is 4.85. The number of benzene rings is 1. The monoisotopic (exact) mass is 349 g/mol. The highest BCUT2D eigenvalue weighted by Crippen LogP contribution is 2.31. The number of nitrogens with zero attached hydrogens (tertiary/aromatic N) is 1. The Balaban J connectivity index is 1.75. The molecule has 5 nitrogen and oxygen atoms in total. The number of amides is 1. The van der Waals surface area contributed by atoms with E-state index >= 15 is 0 Å². The maximum absolute atomic E-state index is 12.4. The van der Waals surface area contributed by atoms with E-state index in [1.165, 1.54) is 5.56 Å². The number of hydrogen-bond acceptors (Lipinski definition) is 4. The van der Waals surface area contributed by atoms with Crippen LogP contribution in [-0.2, 0) is 12.0 Å². The minimum Gasteiger partial charge on any atom is -0.467 e. The maximum atomic E-state index is 12.4. The van der Waals surface area contributed by atoms with Crippen molar-refractivity contribution in [3.63, 3.8) is 0 Å². The van der Waals surface area contributed by atoms with Crippen LogP contribution in [0, 0.1) is 0 Å². The Bertz CT molecular complexity index is 880. The minimum atomic E-state index is -0.193. The second-order valence-corrected chi connectivity index (χ2v) is 7.14. The van der Waals surface area contributed by atoms with Crippen LogP contribution in [0.3, 0.4) is 0 Å². The summed E-state index contributed by atoms with van der Waals surface area (Å²) in [5.41, 5.74) is 3.49. The van der Waals surface area contributed by atoms with Gasteiger partial charge in [0.1, 0.15) is 5.76 Å². The van der Waals surface area contributed by atoms with E-state index in [1.807, 2.05) is 24.3 Å². The number of nitrogens with one attached hydrogen (secondary N) is 2. The lowest BCUT2D eigenvalue weighted by atomic mass is 9.86. The predicted octanol–water partition coefficient (Wildman–Crippen LogP) is 4.65. The van der Waals surface area contributed by atoms with Gasteiger partial charge in [0.05, 0.1) is 30.3 Å². The van der Waals surface area contributed by atoms with Crippen molar-refractivity contribution in [3.05, 3.63) is 78.0 Å². The highest BCUT2D eigenvalue weighted by Gasteiger charge is 2.17. The topological polar surface area (TPSA) is 67.2 Å². The fourth-order valence-corrected chi connectivity index (χ4v) is 2.72. The molecule has 0 spiro atoms. The van der Waals surface area contributed by atoms with Crippen LogP contribution < -0.4 is 10.6 Å². The predicted molar refractivity (Wildman–Crippen MR) is 103 cm³/mol. The molecule has 5 heteroatoms. The van der Waals surface area contributed by atoms with Gasteiger partial charge in [-0.05, 0) is 35.2 Å². The second-order valence-electron chi connectivity index (χ2n) is 7.14. The number of aromatic nitrogens is 1. The number of carbonyl (C=O) groups excluding carboxylic acids is 1. The van der Waals surface area contributed by atoms with Crippen molar-refractivity contribution in [1.82, 2.24) is 10.3 Å². The smallest absolute Gasteiger partial charge is 0.253 e. The summed E-state index contributed by atoms with van der Waals surface area (Å²) in [6.45, 7) is 6.86. The molecule has 134 valence electrons. The van der Waals surface area contributed by atoms with Crippen LogP contribution in [0.5, 0.6) is 0 Å². The second kappa shape index (κ2) is 7.44. The summed E-state index contributed by atoms with van der Waals surface area (Å²) in [5, 5.41) is 6.21. The average molecular weight is 349 g/mol. The molecule has 0 bridgehead atoms. The molecule has 2 heterocycles. The summed E-state index contributed by atoms with van der Waals surface area (Å²) in [7, 11) is 0. The molecule has 0 saturated heterocycles. The van der Waals surface area contributed by atoms with Crippen LogP contribution in [0.1, 0.15) is 42.5 Å². The molecule has 0 atom stereocenters. The fourth-order valence-electron chi connectivity index (χ4n) is 2.72. The van der Waals surface area contributed by atoms with Crippen LogP contribution in [0.15, 0.2) is 65.5 Å². The van der Waals surface area contributed by atoms with Crippen molar-refractivity contribution in [2.24, 2.45) is 0 Å². The molecule has 3 rings (SSSR count). The van der Waals surface area contributed by atoms with Crippen molar-refractivity contribution in [2.75, 3.05) is 5.32 Å². The number of furan rings is 1. The van der Waals surface area contributed by atoms with Gasteiger partial charge in [-0.3, -0.25) is 9.78 Å². The zero-order chi connectivity index (χ0) is 18.6. The number of rotatable bonds is 5. The first kappa shape index (κ1) is 17.7. The van der Waals surface area contributed by atoms with Crippen molar-refractivity contribution in [2.45, 2.75) is 32.7 Å². The van der Waals surface area contributed by atoms with E-state index in [1.54, 1.807) is 30.8 Å². The zero-order valence-corrected chi connectivity index (χ0v) is 15.2. The Hall–Kier alpha value is -3.08. The average Bonchev–Trinajstić information content (AvgIpc) is 3.13. The van der Waals surface area contributed by atoms with Crippen LogP contribution in [0.2, 0.25) is 0 Å². The van der Waals surface area contributed by atoms with Gasteiger partial charge in [-0.25, -0.2) is 0 Å². The Labute approximate surface area is 153 Å². The first-order chi connectivity index (χ1) is 12.4. The molecule has 0 radical (unpaired) electrons. The van der Waals surface area contributed by atoms with Gasteiger partial charge in [0.25, 0.3) is 5.91 Å². The van der Waals surface area contributed by atoms with Gasteiger partial charge in [-0.1, -0.05) is 39.0 Å². The third-order valence-electron chi connectivity index (χ3n) is 4.02. The molecule has 0 aliphatic rings. The summed E-state index contributed by atoms with van der Waals surface area (Å²) in [4.78, 5) is 16.5. The van der Waals surface area contributed by atoms with E-state index in [2.05, 4.69) is 42.5 Å². The molecule has 2 aromatic heterocycles. The van der Waals surface area contributed by atoms with Gasteiger partial charge in [0.2, 0.25) is 0 Å². The molecular weight excluding hydrogens is 326 g/mol. The minimum absolute atomic E-state index is 0.00898. The van der Waals surface area contributed by atoms with Gasteiger partial charge < -0.3 is 15.1 Å². The normalized spacial score (nSPS) is 11.2. The number of para-hydroxylation sites is 1. The van der Waals surface area contributed by atoms with Gasteiger partial charge in [-0.15, -0.1) is 0 Å². The van der Waals surface area contributed by atoms with E-state index in [0.29, 0.717) is 17.9 Å². The van der Waals surface area contributed by atoms with E-state index in [0.717, 1.165) is 11.4 Å². The summed E-state index contributed by atoms with van der Waals surface area (Å²) < 4.78 is 5.22. The molecule has 0 aliphatic heterocycles. The third kappa shape index (κ3) is 4.30. The van der Waals surface area contributed by atoms with E-state index in [4.69, 9.17) is 4.42 Å². The molecule has 0 saturated carbocycles. The maximum Gasteiger partial charge on any atom is 0.253 e. The van der Waals surface area contributed by atoms with Crippen LogP contribution in [0.25, 0.3) is 0 Å². The lowest BCUT2D eigenvalue weighted by molar-refractivity contribution is 0.0947. The number of anilines is 2. The molecule has 1 aromatic carbocycles. The van der Waals surface area contributed by atoms with Crippen LogP contribution in [-0.4, -0.2) is 10.9 Å². The summed E-state index contributed by atoms with van der Waals surface area (Å²) in [5.74, 6) is 0.515. The van der Waals surface area contributed by atoms with Gasteiger partial charge in [-0.2, -0.15) is 0 Å². The third-order valence-corrected chi connectivity index (χ3v) is 4.02. The molecule has 1 amide bonds. The highest BCUT2D eigenvalue weighted by molar-refractivity contribution is 5.94. The van der Waals surface area contributed by atoms with Crippen molar-refractivity contribution >= 4 is 17.3 Å². The first-order valence-corrected chi connectivity index (χ1v) is 8.55. The number of carbonyl (C=O) groups is 1. The molecular formula is C21H23N3O2. The van der Waals surface area contributed by atoms with Crippen molar-refractivity contribution in [1.29, 1.82) is 0 Å². The summed E-state index contributed by atoms with van der Waals surface area (Å²) >= 11 is 0. The Kier molecular flexibility index (Phi) is 5.07. The first-order valence-electron chi connectivity index (χ1n) is 8.55. The molecule has 0 unspecified atom stereocenters.